The number of ether oxygens (including phenoxy) is 3. The molecule has 1 unspecified atom stereocenters. The van der Waals surface area contributed by atoms with E-state index in [9.17, 15) is 9.59 Å². The molecule has 0 radical (unpaired) electrons. The van der Waals surface area contributed by atoms with Gasteiger partial charge in [-0.25, -0.2) is 4.79 Å². The summed E-state index contributed by atoms with van der Waals surface area (Å²) in [5, 5.41) is 8.66. The van der Waals surface area contributed by atoms with Crippen molar-refractivity contribution in [2.45, 2.75) is 12.5 Å². The summed E-state index contributed by atoms with van der Waals surface area (Å²) in [5.74, 6) is -0.871. The molecule has 1 aliphatic heterocycles. The van der Waals surface area contributed by atoms with E-state index < -0.39 is 12.1 Å². The maximum Gasteiger partial charge on any atom is 0.378 e. The number of aliphatic hydroxyl groups excluding tert-OH is 1. The van der Waals surface area contributed by atoms with E-state index >= 15 is 0 Å². The normalized spacial score (nSPS) is 20.7. The van der Waals surface area contributed by atoms with Crippen LogP contribution in [0.1, 0.15) is 6.42 Å². The number of carbonyl (C=O) groups excluding carboxylic acids is 2. The maximum atomic E-state index is 11.1. The van der Waals surface area contributed by atoms with E-state index in [1.165, 1.54) is 7.11 Å². The van der Waals surface area contributed by atoms with Crippen LogP contribution >= 0.6 is 0 Å². The van der Waals surface area contributed by atoms with Gasteiger partial charge in [-0.1, -0.05) is 0 Å². The number of rotatable bonds is 5. The van der Waals surface area contributed by atoms with Crippen molar-refractivity contribution in [3.8, 4) is 0 Å². The Labute approximate surface area is 80.1 Å². The van der Waals surface area contributed by atoms with Crippen molar-refractivity contribution in [2.24, 2.45) is 0 Å². The van der Waals surface area contributed by atoms with Gasteiger partial charge in [-0.2, -0.15) is 0 Å². The number of cyclic esters (lactones) is 1. The summed E-state index contributed by atoms with van der Waals surface area (Å²) in [7, 11) is 1.33. The smallest absolute Gasteiger partial charge is 0.378 e. The fourth-order valence-electron chi connectivity index (χ4n) is 1.17. The van der Waals surface area contributed by atoms with Gasteiger partial charge in [0.05, 0.1) is 7.11 Å². The molecule has 1 heterocycles. The minimum absolute atomic E-state index is 0.122. The summed E-state index contributed by atoms with van der Waals surface area (Å²) >= 11 is 0. The van der Waals surface area contributed by atoms with Crippen molar-refractivity contribution >= 4 is 12.4 Å². The summed E-state index contributed by atoms with van der Waals surface area (Å²) in [4.78, 5) is 21.2. The monoisotopic (exact) mass is 202 g/mol. The molecule has 0 saturated carbocycles. The average Bonchev–Trinajstić information content (AvgIpc) is 2.44. The van der Waals surface area contributed by atoms with Crippen LogP contribution < -0.4 is 0 Å². The van der Waals surface area contributed by atoms with Gasteiger partial charge in [-0.05, 0) is 0 Å². The highest BCUT2D eigenvalue weighted by molar-refractivity contribution is 5.90. The van der Waals surface area contributed by atoms with Crippen molar-refractivity contribution < 1.29 is 28.9 Å². The summed E-state index contributed by atoms with van der Waals surface area (Å²) < 4.78 is 14.1. The fourth-order valence-corrected chi connectivity index (χ4v) is 1.17. The van der Waals surface area contributed by atoms with Gasteiger partial charge < -0.3 is 19.3 Å². The van der Waals surface area contributed by atoms with Gasteiger partial charge in [0.1, 0.15) is 0 Å². The Morgan fingerprint density at radius 1 is 1.64 bits per heavy atom. The summed E-state index contributed by atoms with van der Waals surface area (Å²) in [5.41, 5.74) is 0. The van der Waals surface area contributed by atoms with Crippen molar-refractivity contribution in [3.05, 3.63) is 11.5 Å². The predicted octanol–water partition coefficient (Wildman–Crippen LogP) is -0.675. The molecule has 0 amide bonds. The Hall–Kier alpha value is -1.56. The van der Waals surface area contributed by atoms with Gasteiger partial charge in [0.25, 0.3) is 12.2 Å². The van der Waals surface area contributed by atoms with Crippen molar-refractivity contribution in [2.75, 3.05) is 13.7 Å². The molecule has 0 bridgehead atoms. The minimum Gasteiger partial charge on any atom is -0.493 e. The molecule has 1 aliphatic rings. The quantitative estimate of drug-likeness (QED) is 0.470. The highest BCUT2D eigenvalue weighted by atomic mass is 16.6. The third kappa shape index (κ3) is 1.85. The van der Waals surface area contributed by atoms with Gasteiger partial charge in [-0.3, -0.25) is 4.79 Å². The van der Waals surface area contributed by atoms with Crippen LogP contribution in [-0.4, -0.2) is 37.4 Å². The predicted molar refractivity (Wildman–Crippen MR) is 42.8 cm³/mol. The topological polar surface area (TPSA) is 82.1 Å². The van der Waals surface area contributed by atoms with Gasteiger partial charge in [0.2, 0.25) is 0 Å². The second-order valence-electron chi connectivity index (χ2n) is 2.52. The van der Waals surface area contributed by atoms with Crippen molar-refractivity contribution in [1.29, 1.82) is 0 Å². The first-order valence-electron chi connectivity index (χ1n) is 3.95. The van der Waals surface area contributed by atoms with Crippen molar-refractivity contribution in [1.82, 2.24) is 0 Å². The molecule has 1 N–H and O–H groups in total. The third-order valence-electron chi connectivity index (χ3n) is 1.73. The lowest BCUT2D eigenvalue weighted by atomic mass is 10.2. The van der Waals surface area contributed by atoms with Crippen molar-refractivity contribution in [3.63, 3.8) is 0 Å². The molecule has 78 valence electrons. The molecular weight excluding hydrogens is 192 g/mol. The first-order chi connectivity index (χ1) is 6.74. The fraction of sp³-hybridized carbons (Fsp3) is 0.500. The van der Waals surface area contributed by atoms with Crippen LogP contribution in [0.25, 0.3) is 0 Å². The molecule has 0 saturated heterocycles. The molecule has 6 nitrogen and oxygen atoms in total. The number of hydrogen-bond acceptors (Lipinski definition) is 6. The summed E-state index contributed by atoms with van der Waals surface area (Å²) in [6, 6.07) is 0. The lowest BCUT2D eigenvalue weighted by Crippen LogP contribution is -2.14. The SMILES string of the molecule is COC1=C(OC=O)C(=O)OC1CCO. The number of esters is 1. The largest absolute Gasteiger partial charge is 0.493 e. The average molecular weight is 202 g/mol. The van der Waals surface area contributed by atoms with Gasteiger partial charge >= 0.3 is 5.97 Å². The molecule has 0 aromatic rings. The Kier molecular flexibility index (Phi) is 3.47. The van der Waals surface area contributed by atoms with E-state index in [1.807, 2.05) is 0 Å². The van der Waals surface area contributed by atoms with E-state index in [2.05, 4.69) is 4.74 Å². The van der Waals surface area contributed by atoms with Crippen LogP contribution in [0.15, 0.2) is 11.5 Å². The van der Waals surface area contributed by atoms with Crippen LogP contribution in [0.2, 0.25) is 0 Å². The van der Waals surface area contributed by atoms with E-state index in [0.29, 0.717) is 0 Å². The molecule has 14 heavy (non-hydrogen) atoms. The lowest BCUT2D eigenvalue weighted by molar-refractivity contribution is -0.146. The van der Waals surface area contributed by atoms with Gasteiger partial charge in [-0.15, -0.1) is 0 Å². The molecule has 0 aromatic carbocycles. The standard InChI is InChI=1S/C8H10O6/c1-12-6-5(2-3-9)14-8(11)7(6)13-4-10/h4-5,9H,2-3H2,1H3. The molecular formula is C8H10O6. The van der Waals surface area contributed by atoms with Gasteiger partial charge in [0.15, 0.2) is 11.9 Å². The van der Waals surface area contributed by atoms with Crippen LogP contribution in [-0.2, 0) is 23.8 Å². The van der Waals surface area contributed by atoms with E-state index in [-0.39, 0.29) is 31.0 Å². The number of carbonyl (C=O) groups is 2. The Morgan fingerprint density at radius 2 is 2.36 bits per heavy atom. The Morgan fingerprint density at radius 3 is 2.86 bits per heavy atom. The van der Waals surface area contributed by atoms with E-state index in [1.54, 1.807) is 0 Å². The number of hydrogen-bond donors (Lipinski definition) is 1. The first kappa shape index (κ1) is 10.5. The van der Waals surface area contributed by atoms with E-state index in [4.69, 9.17) is 14.6 Å². The van der Waals surface area contributed by atoms with Crippen LogP contribution in [0.3, 0.4) is 0 Å². The van der Waals surface area contributed by atoms with Crippen LogP contribution in [0.4, 0.5) is 0 Å². The molecule has 0 aromatic heterocycles. The zero-order chi connectivity index (χ0) is 10.6. The zero-order valence-electron chi connectivity index (χ0n) is 7.56. The molecule has 0 fully saturated rings. The molecule has 0 spiro atoms. The summed E-state index contributed by atoms with van der Waals surface area (Å²) in [6.07, 6.45) is -0.465. The molecule has 1 rings (SSSR count). The maximum absolute atomic E-state index is 11.1. The number of aliphatic hydroxyl groups is 1. The molecule has 6 heteroatoms. The van der Waals surface area contributed by atoms with E-state index in [0.717, 1.165) is 0 Å². The highest BCUT2D eigenvalue weighted by Gasteiger charge is 2.36. The minimum atomic E-state index is -0.757. The second-order valence-corrected chi connectivity index (χ2v) is 2.52. The Balaban J connectivity index is 2.85. The second kappa shape index (κ2) is 4.61. The van der Waals surface area contributed by atoms with Crippen LogP contribution in [0, 0.1) is 0 Å². The van der Waals surface area contributed by atoms with Crippen LogP contribution in [0.5, 0.6) is 0 Å². The third-order valence-corrected chi connectivity index (χ3v) is 1.73. The number of methoxy groups -OCH3 is 1. The lowest BCUT2D eigenvalue weighted by Gasteiger charge is -2.09. The molecule has 1 atom stereocenters. The zero-order valence-corrected chi connectivity index (χ0v) is 7.56. The Bertz CT molecular complexity index is 269. The first-order valence-corrected chi connectivity index (χ1v) is 3.95. The van der Waals surface area contributed by atoms with Gasteiger partial charge in [0, 0.05) is 13.0 Å². The summed E-state index contributed by atoms with van der Waals surface area (Å²) in [6.45, 7) is -0.0316. The highest BCUT2D eigenvalue weighted by Crippen LogP contribution is 2.25. The molecule has 0 aliphatic carbocycles.